The third-order valence-corrected chi connectivity index (χ3v) is 2.32. The summed E-state index contributed by atoms with van der Waals surface area (Å²) in [6, 6.07) is 0. The van der Waals surface area contributed by atoms with Crippen LogP contribution in [0.2, 0.25) is 0 Å². The minimum atomic E-state index is -1.90. The van der Waals surface area contributed by atoms with Gasteiger partial charge in [0.05, 0.1) is 6.54 Å². The zero-order valence-electron chi connectivity index (χ0n) is 9.41. The van der Waals surface area contributed by atoms with E-state index in [9.17, 15) is 14.7 Å². The standard InChI is InChI=1S/C10H19NO4/c1-4-7(2)5-8(12)11-6-10(3,15)9(13)14/h7,15H,4-6H2,1-3H3,(H,11,12)(H,13,14). The summed E-state index contributed by atoms with van der Waals surface area (Å²) in [5.41, 5.74) is -1.90. The molecule has 0 aromatic heterocycles. The first-order chi connectivity index (χ1) is 6.79. The summed E-state index contributed by atoms with van der Waals surface area (Å²) < 4.78 is 0. The predicted molar refractivity (Wildman–Crippen MR) is 55.3 cm³/mol. The molecule has 0 heterocycles. The molecule has 3 N–H and O–H groups in total. The average Bonchev–Trinajstić information content (AvgIpc) is 2.14. The van der Waals surface area contributed by atoms with Gasteiger partial charge in [0.1, 0.15) is 0 Å². The van der Waals surface area contributed by atoms with Crippen LogP contribution in [0.25, 0.3) is 0 Å². The summed E-state index contributed by atoms with van der Waals surface area (Å²) in [4.78, 5) is 21.8. The molecule has 0 bridgehead atoms. The molecule has 0 aliphatic carbocycles. The summed E-state index contributed by atoms with van der Waals surface area (Å²) in [6.45, 7) is 4.80. The Labute approximate surface area is 89.5 Å². The number of nitrogens with one attached hydrogen (secondary N) is 1. The normalized spacial score (nSPS) is 16.5. The van der Waals surface area contributed by atoms with Crippen molar-refractivity contribution in [3.05, 3.63) is 0 Å². The Kier molecular flexibility index (Phi) is 5.28. The molecule has 0 aromatic carbocycles. The van der Waals surface area contributed by atoms with Crippen molar-refractivity contribution < 1.29 is 19.8 Å². The first-order valence-electron chi connectivity index (χ1n) is 5.02. The van der Waals surface area contributed by atoms with Gasteiger partial charge in [0.25, 0.3) is 0 Å². The molecule has 0 fully saturated rings. The van der Waals surface area contributed by atoms with Crippen LogP contribution < -0.4 is 5.32 Å². The second-order valence-electron chi connectivity index (χ2n) is 4.07. The van der Waals surface area contributed by atoms with Crippen LogP contribution in [0.3, 0.4) is 0 Å². The van der Waals surface area contributed by atoms with Crippen LogP contribution in [0.1, 0.15) is 33.6 Å². The zero-order valence-corrected chi connectivity index (χ0v) is 9.41. The van der Waals surface area contributed by atoms with Crippen LogP contribution in [0, 0.1) is 5.92 Å². The SMILES string of the molecule is CCC(C)CC(=O)NCC(C)(O)C(=O)O. The van der Waals surface area contributed by atoms with Gasteiger partial charge < -0.3 is 15.5 Å². The van der Waals surface area contributed by atoms with E-state index in [1.54, 1.807) is 0 Å². The van der Waals surface area contributed by atoms with Crippen molar-refractivity contribution in [3.8, 4) is 0 Å². The predicted octanol–water partition coefficient (Wildman–Crippen LogP) is 0.374. The van der Waals surface area contributed by atoms with Crippen LogP contribution in [0.15, 0.2) is 0 Å². The monoisotopic (exact) mass is 217 g/mol. The van der Waals surface area contributed by atoms with E-state index >= 15 is 0 Å². The van der Waals surface area contributed by atoms with Crippen LogP contribution >= 0.6 is 0 Å². The largest absolute Gasteiger partial charge is 0.479 e. The molecule has 5 heteroatoms. The highest BCUT2D eigenvalue weighted by atomic mass is 16.4. The Balaban J connectivity index is 3.96. The van der Waals surface area contributed by atoms with Gasteiger partial charge in [0, 0.05) is 6.42 Å². The number of hydrogen-bond acceptors (Lipinski definition) is 3. The summed E-state index contributed by atoms with van der Waals surface area (Å²) in [7, 11) is 0. The van der Waals surface area contributed by atoms with Gasteiger partial charge in [-0.15, -0.1) is 0 Å². The van der Waals surface area contributed by atoms with E-state index in [1.165, 1.54) is 0 Å². The number of carboxylic acids is 1. The third kappa shape index (κ3) is 5.37. The van der Waals surface area contributed by atoms with Crippen LogP contribution in [-0.4, -0.2) is 34.2 Å². The van der Waals surface area contributed by atoms with Crippen molar-refractivity contribution in [1.82, 2.24) is 5.32 Å². The summed E-state index contributed by atoms with van der Waals surface area (Å²) >= 11 is 0. The molecule has 0 rings (SSSR count). The Morgan fingerprint density at radius 2 is 2.00 bits per heavy atom. The molecule has 0 aromatic rings. The van der Waals surface area contributed by atoms with Gasteiger partial charge in [-0.25, -0.2) is 4.79 Å². The molecule has 15 heavy (non-hydrogen) atoms. The van der Waals surface area contributed by atoms with Crippen molar-refractivity contribution in [3.63, 3.8) is 0 Å². The van der Waals surface area contributed by atoms with Crippen molar-refractivity contribution in [2.24, 2.45) is 5.92 Å². The minimum absolute atomic E-state index is 0.231. The fraction of sp³-hybridized carbons (Fsp3) is 0.800. The number of amides is 1. The molecule has 1 amide bonds. The minimum Gasteiger partial charge on any atom is -0.479 e. The highest BCUT2D eigenvalue weighted by Crippen LogP contribution is 2.06. The van der Waals surface area contributed by atoms with E-state index < -0.39 is 11.6 Å². The smallest absolute Gasteiger partial charge is 0.337 e. The number of carbonyl (C=O) groups is 2. The number of rotatable bonds is 6. The molecular formula is C10H19NO4. The van der Waals surface area contributed by atoms with Gasteiger partial charge >= 0.3 is 5.97 Å². The topological polar surface area (TPSA) is 86.6 Å². The molecular weight excluding hydrogens is 198 g/mol. The fourth-order valence-corrected chi connectivity index (χ4v) is 0.879. The highest BCUT2D eigenvalue weighted by Gasteiger charge is 2.30. The van der Waals surface area contributed by atoms with Crippen LogP contribution in [0.5, 0.6) is 0 Å². The number of carboxylic acid groups (broad SMARTS) is 1. The molecule has 0 saturated carbocycles. The third-order valence-electron chi connectivity index (χ3n) is 2.32. The average molecular weight is 217 g/mol. The van der Waals surface area contributed by atoms with Crippen molar-refractivity contribution in [2.75, 3.05) is 6.54 Å². The number of aliphatic hydroxyl groups is 1. The molecule has 0 radical (unpaired) electrons. The highest BCUT2D eigenvalue weighted by molar-refractivity contribution is 5.80. The van der Waals surface area contributed by atoms with E-state index in [-0.39, 0.29) is 18.4 Å². The zero-order chi connectivity index (χ0) is 12.1. The molecule has 0 aliphatic rings. The van der Waals surface area contributed by atoms with Gasteiger partial charge in [0.2, 0.25) is 5.91 Å². The molecule has 88 valence electrons. The lowest BCUT2D eigenvalue weighted by atomic mass is 10.0. The molecule has 0 spiro atoms. The Hall–Kier alpha value is -1.10. The van der Waals surface area contributed by atoms with Gasteiger partial charge in [0.15, 0.2) is 5.60 Å². The van der Waals surface area contributed by atoms with Gasteiger partial charge in [-0.2, -0.15) is 0 Å². The van der Waals surface area contributed by atoms with Crippen LogP contribution in [0.4, 0.5) is 0 Å². The number of aliphatic carboxylic acids is 1. The molecule has 5 nitrogen and oxygen atoms in total. The second-order valence-corrected chi connectivity index (χ2v) is 4.07. The van der Waals surface area contributed by atoms with Crippen molar-refractivity contribution in [1.29, 1.82) is 0 Å². The van der Waals surface area contributed by atoms with Crippen molar-refractivity contribution in [2.45, 2.75) is 39.2 Å². The maximum absolute atomic E-state index is 11.3. The molecule has 0 aliphatic heterocycles. The van der Waals surface area contributed by atoms with Gasteiger partial charge in [-0.1, -0.05) is 20.3 Å². The number of hydrogen-bond donors (Lipinski definition) is 3. The van der Waals surface area contributed by atoms with E-state index in [0.717, 1.165) is 13.3 Å². The Bertz CT molecular complexity index is 238. The lowest BCUT2D eigenvalue weighted by Crippen LogP contribution is -2.46. The maximum Gasteiger partial charge on any atom is 0.337 e. The fourth-order valence-electron chi connectivity index (χ4n) is 0.879. The molecule has 2 unspecified atom stereocenters. The lowest BCUT2D eigenvalue weighted by Gasteiger charge is -2.18. The second kappa shape index (κ2) is 5.70. The van der Waals surface area contributed by atoms with Gasteiger partial charge in [-0.05, 0) is 12.8 Å². The lowest BCUT2D eigenvalue weighted by molar-refractivity contribution is -0.156. The van der Waals surface area contributed by atoms with E-state index in [2.05, 4.69) is 5.32 Å². The number of carbonyl (C=O) groups excluding carboxylic acids is 1. The quantitative estimate of drug-likeness (QED) is 0.600. The first kappa shape index (κ1) is 13.9. The van der Waals surface area contributed by atoms with E-state index in [4.69, 9.17) is 5.11 Å². The van der Waals surface area contributed by atoms with E-state index in [0.29, 0.717) is 6.42 Å². The molecule has 2 atom stereocenters. The summed E-state index contributed by atoms with van der Waals surface area (Å²) in [5.74, 6) is -1.31. The van der Waals surface area contributed by atoms with Crippen LogP contribution in [-0.2, 0) is 9.59 Å². The summed E-state index contributed by atoms with van der Waals surface area (Å²) in [6.07, 6.45) is 1.24. The van der Waals surface area contributed by atoms with Crippen molar-refractivity contribution >= 4 is 11.9 Å². The van der Waals surface area contributed by atoms with E-state index in [1.807, 2.05) is 13.8 Å². The first-order valence-corrected chi connectivity index (χ1v) is 5.02. The molecule has 0 saturated heterocycles. The Morgan fingerprint density at radius 3 is 2.40 bits per heavy atom. The maximum atomic E-state index is 11.3. The summed E-state index contributed by atoms with van der Waals surface area (Å²) in [5, 5.41) is 20.3. The van der Waals surface area contributed by atoms with Gasteiger partial charge in [-0.3, -0.25) is 4.79 Å². The Morgan fingerprint density at radius 1 is 1.47 bits per heavy atom.